The van der Waals surface area contributed by atoms with E-state index in [-0.39, 0.29) is 5.91 Å². The van der Waals surface area contributed by atoms with Gasteiger partial charge in [-0.2, -0.15) is 0 Å². The molecule has 0 bridgehead atoms. The molecule has 5 rings (SSSR count). The number of nitrogens with one attached hydrogen (secondary N) is 2. The van der Waals surface area contributed by atoms with Crippen molar-refractivity contribution in [3.05, 3.63) is 72.2 Å². The Labute approximate surface area is 173 Å². The number of guanidine groups is 1. The van der Waals surface area contributed by atoms with Gasteiger partial charge < -0.3 is 19.5 Å². The average molecular weight is 403 g/mol. The molecule has 0 spiro atoms. The topological polar surface area (TPSA) is 90.2 Å². The van der Waals surface area contributed by atoms with Gasteiger partial charge in [0.2, 0.25) is 0 Å². The molecule has 152 valence electrons. The molecule has 2 atom stereocenters. The molecule has 2 aromatic carbocycles. The maximum atomic E-state index is 12.8. The molecule has 2 aliphatic heterocycles. The van der Waals surface area contributed by atoms with Gasteiger partial charge in [0.1, 0.15) is 18.5 Å². The van der Waals surface area contributed by atoms with Gasteiger partial charge in [0.15, 0.2) is 12.0 Å². The molecular weight excluding hydrogens is 382 g/mol. The van der Waals surface area contributed by atoms with Crippen molar-refractivity contribution in [1.82, 2.24) is 20.4 Å². The molecule has 2 unspecified atom stereocenters. The van der Waals surface area contributed by atoms with Crippen molar-refractivity contribution in [2.45, 2.75) is 25.3 Å². The summed E-state index contributed by atoms with van der Waals surface area (Å²) < 4.78 is 5.39. The molecule has 0 saturated carbocycles. The number of likely N-dealkylation sites (N-methyl/N-ethyl adjacent to an activating group) is 1. The smallest absolute Gasteiger partial charge is 0.325 e. The minimum absolute atomic E-state index is 0.333. The van der Waals surface area contributed by atoms with Crippen LogP contribution in [0.15, 0.2) is 70.3 Å². The third kappa shape index (κ3) is 3.06. The Kier molecular flexibility index (Phi) is 4.39. The van der Waals surface area contributed by atoms with E-state index in [1.807, 2.05) is 35.2 Å². The molecule has 30 heavy (non-hydrogen) atoms. The van der Waals surface area contributed by atoms with Crippen LogP contribution in [0.3, 0.4) is 0 Å². The van der Waals surface area contributed by atoms with Crippen molar-refractivity contribution >= 4 is 28.7 Å². The first kappa shape index (κ1) is 18.2. The zero-order valence-corrected chi connectivity index (χ0v) is 16.4. The summed E-state index contributed by atoms with van der Waals surface area (Å²) in [6, 6.07) is 16.9. The first-order valence-electron chi connectivity index (χ1n) is 9.76. The van der Waals surface area contributed by atoms with Crippen molar-refractivity contribution in [1.29, 1.82) is 0 Å². The largest absolute Gasteiger partial charge is 0.467 e. The summed E-state index contributed by atoms with van der Waals surface area (Å²) in [5.74, 6) is 0.947. The number of aliphatic imine (C=N–C) groups is 1. The van der Waals surface area contributed by atoms with Gasteiger partial charge in [0.05, 0.1) is 6.26 Å². The second kappa shape index (κ2) is 7.22. The van der Waals surface area contributed by atoms with E-state index in [2.05, 4.69) is 39.9 Å². The Morgan fingerprint density at radius 3 is 2.73 bits per heavy atom. The molecule has 3 amide bonds. The Hall–Kier alpha value is -3.81. The Bertz CT molecular complexity index is 1140. The quantitative estimate of drug-likeness (QED) is 0.698. The third-order valence-corrected chi connectivity index (χ3v) is 5.61. The molecule has 3 aromatic rings. The minimum atomic E-state index is -0.581. The number of fused-ring (bicyclic) bond motifs is 2. The number of amides is 3. The van der Waals surface area contributed by atoms with Crippen LogP contribution in [0.5, 0.6) is 0 Å². The Morgan fingerprint density at radius 1 is 1.07 bits per heavy atom. The summed E-state index contributed by atoms with van der Waals surface area (Å²) in [6.07, 6.45) is 1.11. The first-order chi connectivity index (χ1) is 14.6. The van der Waals surface area contributed by atoms with E-state index in [1.54, 1.807) is 13.3 Å². The number of nitrogens with zero attached hydrogens (tertiary/aromatic N) is 3. The van der Waals surface area contributed by atoms with E-state index in [0.29, 0.717) is 19.0 Å². The summed E-state index contributed by atoms with van der Waals surface area (Å²) in [5, 5.41) is 7.95. The van der Waals surface area contributed by atoms with E-state index in [9.17, 15) is 9.59 Å². The lowest BCUT2D eigenvalue weighted by Crippen LogP contribution is -2.64. The normalized spacial score (nSPS) is 22.4. The van der Waals surface area contributed by atoms with Crippen LogP contribution in [0, 0.1) is 0 Å². The number of carbonyl (C=O) groups is 2. The lowest BCUT2D eigenvalue weighted by atomic mass is 10.0. The van der Waals surface area contributed by atoms with E-state index in [4.69, 9.17) is 4.42 Å². The highest BCUT2D eigenvalue weighted by Crippen LogP contribution is 2.26. The summed E-state index contributed by atoms with van der Waals surface area (Å²) in [7, 11) is 1.66. The fourth-order valence-electron chi connectivity index (χ4n) is 4.06. The van der Waals surface area contributed by atoms with Gasteiger partial charge >= 0.3 is 6.03 Å². The number of benzene rings is 2. The van der Waals surface area contributed by atoms with Crippen LogP contribution in [-0.4, -0.2) is 47.0 Å². The number of urea groups is 1. The van der Waals surface area contributed by atoms with E-state index in [1.165, 1.54) is 4.90 Å². The number of furan rings is 1. The third-order valence-electron chi connectivity index (χ3n) is 5.61. The number of hydrogen-bond donors (Lipinski definition) is 2. The summed E-state index contributed by atoms with van der Waals surface area (Å²) >= 11 is 0. The molecule has 3 heterocycles. The van der Waals surface area contributed by atoms with Gasteiger partial charge in [-0.25, -0.2) is 9.79 Å². The molecular formula is C22H21N5O3. The zero-order valence-electron chi connectivity index (χ0n) is 16.4. The maximum Gasteiger partial charge on any atom is 0.325 e. The average Bonchev–Trinajstić information content (AvgIpc) is 3.39. The predicted molar refractivity (Wildman–Crippen MR) is 111 cm³/mol. The predicted octanol–water partition coefficient (Wildman–Crippen LogP) is 2.27. The van der Waals surface area contributed by atoms with Gasteiger partial charge in [-0.1, -0.05) is 42.5 Å². The number of carbonyl (C=O) groups excluding carboxylic acids is 2. The number of hydrogen-bond acceptors (Lipinski definition) is 4. The van der Waals surface area contributed by atoms with Crippen LogP contribution in [0.2, 0.25) is 0 Å². The van der Waals surface area contributed by atoms with Gasteiger partial charge in [0.25, 0.3) is 5.91 Å². The fourth-order valence-corrected chi connectivity index (χ4v) is 4.06. The summed E-state index contributed by atoms with van der Waals surface area (Å²) in [5.41, 5.74) is 1.08. The van der Waals surface area contributed by atoms with Crippen LogP contribution in [0.25, 0.3) is 10.8 Å². The number of imide groups is 1. The summed E-state index contributed by atoms with van der Waals surface area (Å²) in [4.78, 5) is 33.0. The lowest BCUT2D eigenvalue weighted by Gasteiger charge is -2.35. The summed E-state index contributed by atoms with van der Waals surface area (Å²) in [6.45, 7) is 0.808. The van der Waals surface area contributed by atoms with E-state index >= 15 is 0 Å². The first-order valence-corrected chi connectivity index (χ1v) is 9.76. The lowest BCUT2D eigenvalue weighted by molar-refractivity contribution is -0.127. The van der Waals surface area contributed by atoms with Crippen molar-refractivity contribution in [2.24, 2.45) is 4.99 Å². The molecule has 2 N–H and O–H groups in total. The SMILES string of the molecule is CN1C(=O)NC(=O)C2C1NC(=NCc1ccco1)N2Cc1cccc2ccccc12. The highest BCUT2D eigenvalue weighted by molar-refractivity contribution is 6.04. The van der Waals surface area contributed by atoms with Crippen molar-refractivity contribution < 1.29 is 14.0 Å². The van der Waals surface area contributed by atoms with Crippen LogP contribution < -0.4 is 10.6 Å². The highest BCUT2D eigenvalue weighted by Gasteiger charge is 2.49. The van der Waals surface area contributed by atoms with E-state index in [0.717, 1.165) is 22.1 Å². The molecule has 2 fully saturated rings. The molecule has 2 saturated heterocycles. The molecule has 0 aliphatic carbocycles. The van der Waals surface area contributed by atoms with Gasteiger partial charge in [-0.15, -0.1) is 0 Å². The second-order valence-corrected chi connectivity index (χ2v) is 7.42. The number of rotatable bonds is 4. The zero-order chi connectivity index (χ0) is 20.7. The Balaban J connectivity index is 1.53. The van der Waals surface area contributed by atoms with Crippen LogP contribution in [-0.2, 0) is 17.9 Å². The van der Waals surface area contributed by atoms with Crippen LogP contribution in [0.4, 0.5) is 4.79 Å². The van der Waals surface area contributed by atoms with Crippen molar-refractivity contribution in [3.63, 3.8) is 0 Å². The fraction of sp³-hybridized carbons (Fsp3) is 0.227. The molecule has 0 radical (unpaired) electrons. The molecule has 8 heteroatoms. The van der Waals surface area contributed by atoms with Gasteiger partial charge in [-0.05, 0) is 28.5 Å². The monoisotopic (exact) mass is 403 g/mol. The molecule has 1 aromatic heterocycles. The van der Waals surface area contributed by atoms with Gasteiger partial charge in [-0.3, -0.25) is 10.1 Å². The molecule has 8 nitrogen and oxygen atoms in total. The highest BCUT2D eigenvalue weighted by atomic mass is 16.3. The van der Waals surface area contributed by atoms with E-state index < -0.39 is 18.2 Å². The van der Waals surface area contributed by atoms with Crippen molar-refractivity contribution in [3.8, 4) is 0 Å². The Morgan fingerprint density at radius 2 is 1.90 bits per heavy atom. The van der Waals surface area contributed by atoms with Gasteiger partial charge in [0, 0.05) is 13.6 Å². The van der Waals surface area contributed by atoms with Crippen LogP contribution >= 0.6 is 0 Å². The van der Waals surface area contributed by atoms with Crippen molar-refractivity contribution in [2.75, 3.05) is 7.05 Å². The standard InChI is InChI=1S/C22H21N5O3/c1-26-19-18(20(28)25-22(26)29)27(21(24-19)23-12-16-9-5-11-30-16)13-15-8-4-7-14-6-2-3-10-17(14)15/h2-11,18-19H,12-13H2,1H3,(H,23,24)(H,25,28,29). The second-order valence-electron chi connectivity index (χ2n) is 7.42. The van der Waals surface area contributed by atoms with Crippen LogP contribution in [0.1, 0.15) is 11.3 Å². The minimum Gasteiger partial charge on any atom is -0.467 e. The maximum absolute atomic E-state index is 12.8. The molecule has 2 aliphatic rings.